The first-order valence-corrected chi connectivity index (χ1v) is 9.70. The summed E-state index contributed by atoms with van der Waals surface area (Å²) in [6, 6.07) is 20.4. The van der Waals surface area contributed by atoms with Crippen LogP contribution in [0.3, 0.4) is 0 Å². The van der Waals surface area contributed by atoms with Gasteiger partial charge in [-0.3, -0.25) is 0 Å². The van der Waals surface area contributed by atoms with E-state index in [-0.39, 0.29) is 29.4 Å². The molecule has 2 aliphatic heterocycles. The van der Waals surface area contributed by atoms with Crippen molar-refractivity contribution in [3.63, 3.8) is 0 Å². The van der Waals surface area contributed by atoms with Crippen molar-refractivity contribution in [3.05, 3.63) is 71.8 Å². The third-order valence-electron chi connectivity index (χ3n) is 5.19. The van der Waals surface area contributed by atoms with Gasteiger partial charge in [-0.1, -0.05) is 60.7 Å². The van der Waals surface area contributed by atoms with Crippen molar-refractivity contribution < 1.29 is 8.42 Å². The molecule has 114 valence electrons. The maximum atomic E-state index is 12.2. The molecule has 1 aliphatic carbocycles. The second-order valence-corrected chi connectivity index (χ2v) is 9.19. The Hall–Kier alpha value is -1.32. The molecule has 3 fully saturated rings. The highest BCUT2D eigenvalue weighted by molar-refractivity contribution is 7.93. The Morgan fingerprint density at radius 1 is 0.818 bits per heavy atom. The number of benzene rings is 2. The van der Waals surface area contributed by atoms with Gasteiger partial charge in [-0.05, 0) is 28.9 Å². The summed E-state index contributed by atoms with van der Waals surface area (Å²) in [5, 5.41) is 0. The first-order chi connectivity index (χ1) is 10.6. The third-order valence-corrected chi connectivity index (χ3v) is 8.15. The SMILES string of the molecule is O=S1(=O)CC2[C@@H](c3ccccc3)C([C@H]2c2ccccc2)[C@@H]1Cl. The largest absolute Gasteiger partial charge is 0.227 e. The average Bonchev–Trinajstić information content (AvgIpc) is 2.51. The van der Waals surface area contributed by atoms with Crippen molar-refractivity contribution in [2.75, 3.05) is 5.75 Å². The highest BCUT2D eigenvalue weighted by Gasteiger charge is 2.62. The number of alkyl halides is 1. The van der Waals surface area contributed by atoms with E-state index in [1.54, 1.807) is 0 Å². The zero-order valence-electron chi connectivity index (χ0n) is 12.0. The maximum absolute atomic E-state index is 12.2. The summed E-state index contributed by atoms with van der Waals surface area (Å²) in [5.74, 6) is 0.788. The molecule has 1 saturated carbocycles. The first-order valence-electron chi connectivity index (χ1n) is 7.55. The molecule has 0 aromatic heterocycles. The Balaban J connectivity index is 1.76. The van der Waals surface area contributed by atoms with E-state index in [1.165, 1.54) is 11.1 Å². The highest BCUT2D eigenvalue weighted by Crippen LogP contribution is 2.64. The quantitative estimate of drug-likeness (QED) is 0.784. The Labute approximate surface area is 136 Å². The first kappa shape index (κ1) is 14.3. The lowest BCUT2D eigenvalue weighted by Gasteiger charge is -2.58. The molecule has 2 heterocycles. The lowest BCUT2D eigenvalue weighted by molar-refractivity contribution is 0.108. The van der Waals surface area contributed by atoms with Crippen molar-refractivity contribution in [3.8, 4) is 0 Å². The Morgan fingerprint density at radius 2 is 1.27 bits per heavy atom. The zero-order valence-corrected chi connectivity index (χ0v) is 13.5. The van der Waals surface area contributed by atoms with Crippen LogP contribution in [0.5, 0.6) is 0 Å². The van der Waals surface area contributed by atoms with Gasteiger partial charge in [0.2, 0.25) is 0 Å². The monoisotopic (exact) mass is 332 g/mol. The molecule has 2 saturated heterocycles. The molecule has 5 atom stereocenters. The second kappa shape index (κ2) is 5.10. The number of rotatable bonds is 2. The summed E-state index contributed by atoms with van der Waals surface area (Å²) < 4.78 is 23.7. The molecule has 3 aliphatic rings. The number of halogens is 1. The minimum absolute atomic E-state index is 0.0322. The molecule has 2 aromatic carbocycles. The minimum Gasteiger partial charge on any atom is -0.227 e. The molecular weight excluding hydrogens is 316 g/mol. The Morgan fingerprint density at radius 3 is 1.68 bits per heavy atom. The van der Waals surface area contributed by atoms with E-state index in [9.17, 15) is 8.42 Å². The Kier molecular flexibility index (Phi) is 3.31. The zero-order chi connectivity index (χ0) is 15.3. The van der Waals surface area contributed by atoms with Crippen molar-refractivity contribution in [1.82, 2.24) is 0 Å². The normalized spacial score (nSPS) is 35.6. The van der Waals surface area contributed by atoms with Crippen molar-refractivity contribution in [1.29, 1.82) is 0 Å². The van der Waals surface area contributed by atoms with Crippen molar-refractivity contribution in [2.45, 2.75) is 16.5 Å². The van der Waals surface area contributed by atoms with Gasteiger partial charge in [0, 0.05) is 5.92 Å². The molecule has 0 N–H and O–H groups in total. The van der Waals surface area contributed by atoms with E-state index >= 15 is 0 Å². The molecule has 2 nitrogen and oxygen atoms in total. The van der Waals surface area contributed by atoms with Crippen LogP contribution in [-0.2, 0) is 9.84 Å². The fourth-order valence-corrected chi connectivity index (χ4v) is 6.78. The van der Waals surface area contributed by atoms with Gasteiger partial charge >= 0.3 is 0 Å². The molecular formula is C18H17ClO2S. The van der Waals surface area contributed by atoms with Gasteiger partial charge in [0.25, 0.3) is 0 Å². The molecule has 2 bridgehead atoms. The van der Waals surface area contributed by atoms with E-state index in [4.69, 9.17) is 11.6 Å². The summed E-state index contributed by atoms with van der Waals surface area (Å²) in [7, 11) is -3.18. The van der Waals surface area contributed by atoms with E-state index < -0.39 is 14.5 Å². The smallest absolute Gasteiger partial charge is 0.167 e. The Bertz CT molecular complexity index is 726. The average molecular weight is 333 g/mol. The third kappa shape index (κ3) is 2.03. The standard InChI is InChI=1S/C18H17ClO2S/c19-18-17-15(12-7-3-1-4-8-12)14(11-22(18,20)21)16(17)13-9-5-2-6-10-13/h1-10,14-18H,11H2/t14?,15-,16+,17?,18-/m1/s1. The molecule has 0 spiro atoms. The predicted molar refractivity (Wildman–Crippen MR) is 88.8 cm³/mol. The molecule has 22 heavy (non-hydrogen) atoms. The predicted octanol–water partition coefficient (Wildman–Crippen LogP) is 3.79. The van der Waals surface area contributed by atoms with Gasteiger partial charge in [-0.25, -0.2) is 8.42 Å². The summed E-state index contributed by atoms with van der Waals surface area (Å²) >= 11 is 6.40. The van der Waals surface area contributed by atoms with Crippen LogP contribution in [0.1, 0.15) is 23.0 Å². The van der Waals surface area contributed by atoms with E-state index in [2.05, 4.69) is 24.3 Å². The van der Waals surface area contributed by atoms with Gasteiger partial charge < -0.3 is 0 Å². The number of sulfone groups is 1. The van der Waals surface area contributed by atoms with Crippen LogP contribution >= 0.6 is 11.6 Å². The fraction of sp³-hybridized carbons (Fsp3) is 0.333. The lowest BCUT2D eigenvalue weighted by atomic mass is 9.53. The summed E-state index contributed by atoms with van der Waals surface area (Å²) in [4.78, 5) is 0. The van der Waals surface area contributed by atoms with E-state index in [0.717, 1.165) is 0 Å². The molecule has 2 aromatic rings. The van der Waals surface area contributed by atoms with Crippen LogP contribution in [0, 0.1) is 11.8 Å². The van der Waals surface area contributed by atoms with Gasteiger partial charge in [0.1, 0.15) is 4.71 Å². The van der Waals surface area contributed by atoms with Gasteiger partial charge in [0.15, 0.2) is 9.84 Å². The van der Waals surface area contributed by atoms with Crippen LogP contribution in [0.4, 0.5) is 0 Å². The topological polar surface area (TPSA) is 34.1 Å². The number of hydrogen-bond acceptors (Lipinski definition) is 2. The van der Waals surface area contributed by atoms with Gasteiger partial charge in [-0.2, -0.15) is 0 Å². The summed E-state index contributed by atoms with van der Waals surface area (Å²) in [6.45, 7) is 0. The molecule has 5 rings (SSSR count). The van der Waals surface area contributed by atoms with Crippen molar-refractivity contribution in [2.24, 2.45) is 11.8 Å². The second-order valence-electron chi connectivity index (χ2n) is 6.29. The fourth-order valence-electron chi connectivity index (χ4n) is 4.29. The number of hydrogen-bond donors (Lipinski definition) is 0. The van der Waals surface area contributed by atoms with Crippen LogP contribution in [0.2, 0.25) is 0 Å². The molecule has 4 heteroatoms. The molecule has 0 amide bonds. The van der Waals surface area contributed by atoms with Crippen LogP contribution in [-0.4, -0.2) is 18.9 Å². The van der Waals surface area contributed by atoms with Crippen molar-refractivity contribution >= 4 is 21.4 Å². The van der Waals surface area contributed by atoms with Gasteiger partial charge in [-0.15, -0.1) is 11.6 Å². The van der Waals surface area contributed by atoms with E-state index in [1.807, 2.05) is 36.4 Å². The maximum Gasteiger partial charge on any atom is 0.167 e. The van der Waals surface area contributed by atoms with Gasteiger partial charge in [0.05, 0.1) is 5.75 Å². The molecule has 0 radical (unpaired) electrons. The highest BCUT2D eigenvalue weighted by atomic mass is 35.5. The summed E-state index contributed by atoms with van der Waals surface area (Å²) in [5.41, 5.74) is 2.43. The van der Waals surface area contributed by atoms with Crippen LogP contribution in [0.15, 0.2) is 60.7 Å². The van der Waals surface area contributed by atoms with Crippen LogP contribution < -0.4 is 0 Å². The van der Waals surface area contributed by atoms with E-state index in [0.29, 0.717) is 0 Å². The van der Waals surface area contributed by atoms with Crippen LogP contribution in [0.25, 0.3) is 0 Å². The summed E-state index contributed by atoms with van der Waals surface area (Å²) in [6.07, 6.45) is 0. The minimum atomic E-state index is -3.18. The molecule has 2 unspecified atom stereocenters. The number of fused-ring (bicyclic) bond motifs is 2. The lowest BCUT2D eigenvalue weighted by Crippen LogP contribution is -2.58.